The summed E-state index contributed by atoms with van der Waals surface area (Å²) in [5.41, 5.74) is 9.54. The molecule has 0 amide bonds. The number of nitrogens with two attached hydrogens (primary N) is 1. The molecule has 3 rings (SSSR count). The molecular weight excluding hydrogens is 342 g/mol. The standard InChI is InChI=1S/C21H25N3OS/c1-4-24(5-2)11-7-9-16-13-23-21(22)19-18(14-26-20(16)19)15-8-6-10-17(12-15)25-3/h6-10,12-14H,4-5,11H2,1-3H3,(H2,22,23)/b9-7+. The van der Waals surface area contributed by atoms with Crippen molar-refractivity contribution >= 4 is 33.3 Å². The van der Waals surface area contributed by atoms with E-state index in [-0.39, 0.29) is 0 Å². The zero-order valence-electron chi connectivity index (χ0n) is 15.5. The van der Waals surface area contributed by atoms with E-state index in [1.165, 1.54) is 4.70 Å². The summed E-state index contributed by atoms with van der Waals surface area (Å²) < 4.78 is 6.53. The average Bonchev–Trinajstić information content (AvgIpc) is 3.13. The van der Waals surface area contributed by atoms with Crippen LogP contribution in [0.4, 0.5) is 5.82 Å². The van der Waals surface area contributed by atoms with Crippen LogP contribution in [-0.4, -0.2) is 36.6 Å². The molecule has 0 saturated carbocycles. The summed E-state index contributed by atoms with van der Waals surface area (Å²) in [5, 5.41) is 3.17. The third-order valence-electron chi connectivity index (χ3n) is 4.59. The summed E-state index contributed by atoms with van der Waals surface area (Å²) in [6, 6.07) is 8.05. The first-order valence-electron chi connectivity index (χ1n) is 8.86. The summed E-state index contributed by atoms with van der Waals surface area (Å²) in [5.74, 6) is 1.41. The average molecular weight is 368 g/mol. The number of nitrogens with zero attached hydrogens (tertiary/aromatic N) is 2. The minimum Gasteiger partial charge on any atom is -0.497 e. The number of hydrogen-bond donors (Lipinski definition) is 1. The van der Waals surface area contributed by atoms with E-state index < -0.39 is 0 Å². The fourth-order valence-electron chi connectivity index (χ4n) is 3.02. The third kappa shape index (κ3) is 3.74. The lowest BCUT2D eigenvalue weighted by molar-refractivity contribution is 0.338. The van der Waals surface area contributed by atoms with Gasteiger partial charge < -0.3 is 15.4 Å². The van der Waals surface area contributed by atoms with Gasteiger partial charge in [-0.2, -0.15) is 0 Å². The molecule has 2 N–H and O–H groups in total. The highest BCUT2D eigenvalue weighted by Crippen LogP contribution is 2.39. The van der Waals surface area contributed by atoms with Crippen LogP contribution < -0.4 is 10.5 Å². The van der Waals surface area contributed by atoms with Crippen LogP contribution in [0.25, 0.3) is 27.3 Å². The van der Waals surface area contributed by atoms with Crippen LogP contribution in [0, 0.1) is 0 Å². The van der Waals surface area contributed by atoms with Crippen molar-refractivity contribution in [3.8, 4) is 16.9 Å². The molecule has 0 aliphatic heterocycles. The monoisotopic (exact) mass is 367 g/mol. The molecular formula is C21H25N3OS. The molecule has 0 aliphatic rings. The summed E-state index contributed by atoms with van der Waals surface area (Å²) >= 11 is 1.71. The molecule has 2 heterocycles. The molecule has 5 heteroatoms. The third-order valence-corrected chi connectivity index (χ3v) is 5.62. The van der Waals surface area contributed by atoms with Gasteiger partial charge in [0.2, 0.25) is 0 Å². The Morgan fingerprint density at radius 2 is 2.08 bits per heavy atom. The second kappa shape index (κ2) is 8.34. The molecule has 0 saturated heterocycles. The van der Waals surface area contributed by atoms with Crippen LogP contribution in [0.15, 0.2) is 41.9 Å². The first-order valence-corrected chi connectivity index (χ1v) is 9.74. The number of pyridine rings is 1. The number of ether oxygens (including phenoxy) is 1. The number of benzene rings is 1. The normalized spacial score (nSPS) is 11.7. The Hall–Kier alpha value is -2.37. The van der Waals surface area contributed by atoms with Crippen molar-refractivity contribution in [1.82, 2.24) is 9.88 Å². The molecule has 136 valence electrons. The predicted octanol–water partition coefficient (Wildman–Crippen LogP) is 4.91. The van der Waals surface area contributed by atoms with Crippen molar-refractivity contribution < 1.29 is 4.74 Å². The Balaban J connectivity index is 2.00. The first kappa shape index (κ1) is 18.4. The number of aromatic nitrogens is 1. The number of nitrogen functional groups attached to an aromatic ring is 1. The molecule has 0 aliphatic carbocycles. The number of methoxy groups -OCH3 is 1. The molecule has 3 aromatic rings. The van der Waals surface area contributed by atoms with Gasteiger partial charge in [-0.25, -0.2) is 4.98 Å². The zero-order valence-corrected chi connectivity index (χ0v) is 16.3. The van der Waals surface area contributed by atoms with Crippen molar-refractivity contribution in [1.29, 1.82) is 0 Å². The Morgan fingerprint density at radius 3 is 2.81 bits per heavy atom. The van der Waals surface area contributed by atoms with Crippen LogP contribution in [-0.2, 0) is 0 Å². The number of likely N-dealkylation sites (N-methyl/N-ethyl adjacent to an activating group) is 1. The molecule has 0 radical (unpaired) electrons. The largest absolute Gasteiger partial charge is 0.497 e. The maximum atomic E-state index is 6.23. The van der Waals surface area contributed by atoms with Crippen molar-refractivity contribution in [2.24, 2.45) is 0 Å². The number of thiophene rings is 1. The number of fused-ring (bicyclic) bond motifs is 1. The van der Waals surface area contributed by atoms with E-state index in [2.05, 4.69) is 47.3 Å². The predicted molar refractivity (Wildman–Crippen MR) is 113 cm³/mol. The summed E-state index contributed by atoms with van der Waals surface area (Å²) in [6.07, 6.45) is 6.21. The second-order valence-electron chi connectivity index (χ2n) is 6.07. The van der Waals surface area contributed by atoms with Gasteiger partial charge in [-0.3, -0.25) is 0 Å². The minimum absolute atomic E-state index is 0.569. The fraction of sp³-hybridized carbons (Fsp3) is 0.286. The van der Waals surface area contributed by atoms with Crippen molar-refractivity contribution in [2.45, 2.75) is 13.8 Å². The summed E-state index contributed by atoms with van der Waals surface area (Å²) in [7, 11) is 1.68. The molecule has 0 unspecified atom stereocenters. The molecule has 0 bridgehead atoms. The van der Waals surface area contributed by atoms with Crippen LogP contribution in [0.1, 0.15) is 19.4 Å². The molecule has 4 nitrogen and oxygen atoms in total. The van der Waals surface area contributed by atoms with Crippen LogP contribution in [0.2, 0.25) is 0 Å². The second-order valence-corrected chi connectivity index (χ2v) is 6.95. The van der Waals surface area contributed by atoms with E-state index in [9.17, 15) is 0 Å². The minimum atomic E-state index is 0.569. The molecule has 0 atom stereocenters. The van der Waals surface area contributed by atoms with Gasteiger partial charge in [0.15, 0.2) is 0 Å². The Kier molecular flexibility index (Phi) is 5.91. The molecule has 0 fully saturated rings. The van der Waals surface area contributed by atoms with E-state index in [1.807, 2.05) is 24.4 Å². The van der Waals surface area contributed by atoms with Crippen molar-refractivity contribution in [3.63, 3.8) is 0 Å². The summed E-state index contributed by atoms with van der Waals surface area (Å²) in [6.45, 7) is 7.40. The van der Waals surface area contributed by atoms with E-state index in [0.717, 1.165) is 47.5 Å². The van der Waals surface area contributed by atoms with Gasteiger partial charge in [0.05, 0.1) is 7.11 Å². The van der Waals surface area contributed by atoms with E-state index in [4.69, 9.17) is 10.5 Å². The molecule has 1 aromatic carbocycles. The van der Waals surface area contributed by atoms with Gasteiger partial charge in [-0.1, -0.05) is 38.1 Å². The maximum Gasteiger partial charge on any atom is 0.132 e. The highest BCUT2D eigenvalue weighted by Gasteiger charge is 2.13. The Bertz CT molecular complexity index is 913. The Labute approximate surface area is 158 Å². The SMILES string of the molecule is CCN(CC)C/C=C/c1cnc(N)c2c(-c3cccc(OC)c3)csc12. The van der Waals surface area contributed by atoms with Gasteiger partial charge in [-0.15, -0.1) is 11.3 Å². The topological polar surface area (TPSA) is 51.4 Å². The van der Waals surface area contributed by atoms with Gasteiger partial charge in [0.25, 0.3) is 0 Å². The van der Waals surface area contributed by atoms with Crippen LogP contribution >= 0.6 is 11.3 Å². The van der Waals surface area contributed by atoms with Crippen molar-refractivity contribution in [3.05, 3.63) is 47.5 Å². The molecule has 0 spiro atoms. The lowest BCUT2D eigenvalue weighted by Crippen LogP contribution is -2.22. The van der Waals surface area contributed by atoms with Gasteiger partial charge >= 0.3 is 0 Å². The quantitative estimate of drug-likeness (QED) is 0.645. The highest BCUT2D eigenvalue weighted by atomic mass is 32.1. The number of anilines is 1. The van der Waals surface area contributed by atoms with Gasteiger partial charge in [0, 0.05) is 34.0 Å². The molecule has 2 aromatic heterocycles. The van der Waals surface area contributed by atoms with E-state index >= 15 is 0 Å². The Morgan fingerprint density at radius 1 is 1.27 bits per heavy atom. The van der Waals surface area contributed by atoms with Crippen LogP contribution in [0.5, 0.6) is 5.75 Å². The van der Waals surface area contributed by atoms with Crippen LogP contribution in [0.3, 0.4) is 0 Å². The fourth-order valence-corrected chi connectivity index (χ4v) is 4.10. The van der Waals surface area contributed by atoms with E-state index in [0.29, 0.717) is 5.82 Å². The van der Waals surface area contributed by atoms with Gasteiger partial charge in [-0.05, 0) is 36.2 Å². The highest BCUT2D eigenvalue weighted by molar-refractivity contribution is 7.18. The van der Waals surface area contributed by atoms with E-state index in [1.54, 1.807) is 18.4 Å². The lowest BCUT2D eigenvalue weighted by Gasteiger charge is -2.14. The smallest absolute Gasteiger partial charge is 0.132 e. The maximum absolute atomic E-state index is 6.23. The summed E-state index contributed by atoms with van der Waals surface area (Å²) in [4.78, 5) is 6.80. The molecule has 26 heavy (non-hydrogen) atoms. The van der Waals surface area contributed by atoms with Crippen molar-refractivity contribution in [2.75, 3.05) is 32.5 Å². The number of hydrogen-bond acceptors (Lipinski definition) is 5. The number of rotatable bonds is 7. The first-order chi connectivity index (χ1) is 12.7. The zero-order chi connectivity index (χ0) is 18.5. The lowest BCUT2D eigenvalue weighted by atomic mass is 10.0. The van der Waals surface area contributed by atoms with Gasteiger partial charge in [0.1, 0.15) is 11.6 Å².